The highest BCUT2D eigenvalue weighted by Crippen LogP contribution is 2.17. The lowest BCUT2D eigenvalue weighted by Gasteiger charge is -2.12. The molecule has 0 fully saturated rings. The quantitative estimate of drug-likeness (QED) is 0.513. The maximum Gasteiger partial charge on any atom is 0.340 e. The van der Waals surface area contributed by atoms with Gasteiger partial charge in [-0.3, -0.25) is 4.72 Å². The molecule has 0 radical (unpaired) electrons. The topological polar surface area (TPSA) is 90.9 Å². The Labute approximate surface area is 130 Å². The first kappa shape index (κ1) is 18.4. The zero-order chi connectivity index (χ0) is 16.4. The Hall–Kier alpha value is -1.64. The summed E-state index contributed by atoms with van der Waals surface area (Å²) in [5.41, 5.74) is 0.367. The monoisotopic (exact) mass is 331 g/mol. The second kappa shape index (κ2) is 9.39. The molecule has 0 spiro atoms. The van der Waals surface area contributed by atoms with E-state index in [1.54, 1.807) is 19.1 Å². The number of para-hydroxylation sites is 1. The van der Waals surface area contributed by atoms with E-state index in [4.69, 9.17) is 14.2 Å². The van der Waals surface area contributed by atoms with E-state index in [0.717, 1.165) is 0 Å². The van der Waals surface area contributed by atoms with E-state index >= 15 is 0 Å². The van der Waals surface area contributed by atoms with Crippen molar-refractivity contribution in [3.8, 4) is 0 Å². The summed E-state index contributed by atoms with van der Waals surface area (Å²) in [6.07, 6.45) is 0. The molecule has 0 aliphatic heterocycles. The molecule has 0 amide bonds. The van der Waals surface area contributed by atoms with Gasteiger partial charge in [-0.05, 0) is 19.1 Å². The van der Waals surface area contributed by atoms with Crippen molar-refractivity contribution in [2.24, 2.45) is 0 Å². The average molecular weight is 331 g/mol. The van der Waals surface area contributed by atoms with Gasteiger partial charge in [0.05, 0.1) is 43.4 Å². The van der Waals surface area contributed by atoms with Gasteiger partial charge in [-0.1, -0.05) is 12.1 Å². The summed E-state index contributed by atoms with van der Waals surface area (Å²) in [7, 11) is -2.08. The number of sulfonamides is 1. The summed E-state index contributed by atoms with van der Waals surface area (Å²) >= 11 is 0. The summed E-state index contributed by atoms with van der Waals surface area (Å²) in [5.74, 6) is -0.786. The van der Waals surface area contributed by atoms with Gasteiger partial charge in [0.2, 0.25) is 10.0 Å². The second-order valence-corrected chi connectivity index (χ2v) is 6.13. The lowest BCUT2D eigenvalue weighted by atomic mass is 10.2. The molecule has 8 heteroatoms. The largest absolute Gasteiger partial charge is 0.462 e. The van der Waals surface area contributed by atoms with Crippen molar-refractivity contribution >= 4 is 21.7 Å². The maximum absolute atomic E-state index is 12.0. The zero-order valence-corrected chi connectivity index (χ0v) is 13.5. The fraction of sp³-hybridized carbons (Fsp3) is 0.500. The third-order valence-electron chi connectivity index (χ3n) is 2.62. The van der Waals surface area contributed by atoms with E-state index in [2.05, 4.69) is 4.72 Å². The molecule has 124 valence electrons. The fourth-order valence-corrected chi connectivity index (χ4v) is 2.54. The number of carbonyl (C=O) groups is 1. The van der Waals surface area contributed by atoms with Crippen LogP contribution in [0.1, 0.15) is 17.3 Å². The molecule has 0 heterocycles. The van der Waals surface area contributed by atoms with Crippen molar-refractivity contribution in [2.45, 2.75) is 6.92 Å². The average Bonchev–Trinajstić information content (AvgIpc) is 2.47. The molecule has 0 atom stereocenters. The SMILES string of the molecule is CCOC(=O)c1ccccc1NS(=O)(=O)CCOCCOC. The lowest BCUT2D eigenvalue weighted by molar-refractivity contribution is 0.0527. The molecule has 1 N–H and O–H groups in total. The van der Waals surface area contributed by atoms with Gasteiger partial charge < -0.3 is 14.2 Å². The van der Waals surface area contributed by atoms with E-state index in [9.17, 15) is 13.2 Å². The number of hydrogen-bond donors (Lipinski definition) is 1. The van der Waals surface area contributed by atoms with Gasteiger partial charge in [-0.25, -0.2) is 13.2 Å². The van der Waals surface area contributed by atoms with Crippen molar-refractivity contribution in [1.82, 2.24) is 0 Å². The van der Waals surface area contributed by atoms with Gasteiger partial charge in [0.1, 0.15) is 0 Å². The third-order valence-corrected chi connectivity index (χ3v) is 3.85. The maximum atomic E-state index is 12.0. The summed E-state index contributed by atoms with van der Waals surface area (Å²) in [6.45, 7) is 2.67. The van der Waals surface area contributed by atoms with Crippen LogP contribution in [0.3, 0.4) is 0 Å². The molecule has 7 nitrogen and oxygen atoms in total. The van der Waals surface area contributed by atoms with Crippen LogP contribution >= 0.6 is 0 Å². The molecule has 0 aliphatic carbocycles. The first-order valence-electron chi connectivity index (χ1n) is 6.83. The summed E-state index contributed by atoms with van der Waals surface area (Å²) in [4.78, 5) is 11.8. The Morgan fingerprint density at radius 3 is 2.59 bits per heavy atom. The molecule has 0 saturated carbocycles. The van der Waals surface area contributed by atoms with Crippen LogP contribution in [0, 0.1) is 0 Å². The molecule has 1 aromatic carbocycles. The summed E-state index contributed by atoms with van der Waals surface area (Å²) < 4.78 is 41.2. The number of anilines is 1. The molecule has 0 aliphatic rings. The Morgan fingerprint density at radius 2 is 1.91 bits per heavy atom. The van der Waals surface area contributed by atoms with Gasteiger partial charge in [0.25, 0.3) is 0 Å². The molecule has 22 heavy (non-hydrogen) atoms. The molecule has 1 aromatic rings. The smallest absolute Gasteiger partial charge is 0.340 e. The number of benzene rings is 1. The van der Waals surface area contributed by atoms with Crippen LogP contribution in [-0.4, -0.2) is 53.7 Å². The number of carbonyl (C=O) groups excluding carboxylic acids is 1. The third kappa shape index (κ3) is 6.42. The minimum atomic E-state index is -3.62. The minimum absolute atomic E-state index is 0.0419. The number of nitrogens with one attached hydrogen (secondary N) is 1. The van der Waals surface area contributed by atoms with Crippen LogP contribution in [0.15, 0.2) is 24.3 Å². The van der Waals surface area contributed by atoms with Crippen molar-refractivity contribution < 1.29 is 27.4 Å². The second-order valence-electron chi connectivity index (χ2n) is 4.29. The lowest BCUT2D eigenvalue weighted by Crippen LogP contribution is -2.22. The van der Waals surface area contributed by atoms with E-state index in [1.165, 1.54) is 19.2 Å². The Morgan fingerprint density at radius 1 is 1.18 bits per heavy atom. The number of rotatable bonds is 10. The number of hydrogen-bond acceptors (Lipinski definition) is 6. The van der Waals surface area contributed by atoms with Crippen molar-refractivity contribution in [1.29, 1.82) is 0 Å². The number of methoxy groups -OCH3 is 1. The predicted molar refractivity (Wildman–Crippen MR) is 82.5 cm³/mol. The van der Waals surface area contributed by atoms with Crippen LogP contribution in [0.4, 0.5) is 5.69 Å². The Kier molecular flexibility index (Phi) is 7.86. The molecular weight excluding hydrogens is 310 g/mol. The van der Waals surface area contributed by atoms with Crippen molar-refractivity contribution in [3.05, 3.63) is 29.8 Å². The molecule has 0 unspecified atom stereocenters. The van der Waals surface area contributed by atoms with Crippen LogP contribution in [0.25, 0.3) is 0 Å². The van der Waals surface area contributed by atoms with Gasteiger partial charge in [0, 0.05) is 7.11 Å². The Balaban J connectivity index is 2.67. The van der Waals surface area contributed by atoms with E-state index in [0.29, 0.717) is 13.2 Å². The van der Waals surface area contributed by atoms with E-state index in [1.807, 2.05) is 0 Å². The normalized spacial score (nSPS) is 11.2. The summed E-state index contributed by atoms with van der Waals surface area (Å²) in [6, 6.07) is 6.29. The highest BCUT2D eigenvalue weighted by molar-refractivity contribution is 7.92. The van der Waals surface area contributed by atoms with Crippen molar-refractivity contribution in [2.75, 3.05) is 44.0 Å². The highest BCUT2D eigenvalue weighted by atomic mass is 32.2. The predicted octanol–water partition coefficient (Wildman–Crippen LogP) is 1.27. The molecule has 0 aromatic heterocycles. The first-order valence-corrected chi connectivity index (χ1v) is 8.48. The molecule has 1 rings (SSSR count). The van der Waals surface area contributed by atoms with Gasteiger partial charge in [-0.15, -0.1) is 0 Å². The van der Waals surface area contributed by atoms with Gasteiger partial charge in [-0.2, -0.15) is 0 Å². The van der Waals surface area contributed by atoms with Crippen LogP contribution in [0.5, 0.6) is 0 Å². The van der Waals surface area contributed by atoms with E-state index < -0.39 is 16.0 Å². The van der Waals surface area contributed by atoms with E-state index in [-0.39, 0.29) is 30.2 Å². The standard InChI is InChI=1S/C14H21NO6S/c1-3-21-14(16)12-6-4-5-7-13(12)15-22(17,18)11-10-20-9-8-19-2/h4-7,15H,3,8-11H2,1-2H3. The van der Waals surface area contributed by atoms with Crippen LogP contribution in [0.2, 0.25) is 0 Å². The van der Waals surface area contributed by atoms with Gasteiger partial charge in [0.15, 0.2) is 0 Å². The molecular formula is C14H21NO6S. The molecule has 0 bridgehead atoms. The first-order chi connectivity index (χ1) is 10.5. The highest BCUT2D eigenvalue weighted by Gasteiger charge is 2.17. The number of ether oxygens (including phenoxy) is 3. The molecule has 0 saturated heterocycles. The number of esters is 1. The van der Waals surface area contributed by atoms with Crippen LogP contribution in [-0.2, 0) is 24.2 Å². The summed E-state index contributed by atoms with van der Waals surface area (Å²) in [5, 5.41) is 0. The zero-order valence-electron chi connectivity index (χ0n) is 12.7. The van der Waals surface area contributed by atoms with Crippen LogP contribution < -0.4 is 4.72 Å². The van der Waals surface area contributed by atoms with Gasteiger partial charge >= 0.3 is 5.97 Å². The minimum Gasteiger partial charge on any atom is -0.462 e. The van der Waals surface area contributed by atoms with Crippen molar-refractivity contribution in [3.63, 3.8) is 0 Å². The Bertz CT molecular complexity index is 572. The fourth-order valence-electron chi connectivity index (χ4n) is 1.59.